The van der Waals surface area contributed by atoms with Crippen molar-refractivity contribution < 1.29 is 14.6 Å². The summed E-state index contributed by atoms with van der Waals surface area (Å²) >= 11 is 0. The van der Waals surface area contributed by atoms with E-state index in [9.17, 15) is 4.79 Å². The van der Waals surface area contributed by atoms with Crippen LogP contribution in [0.1, 0.15) is 34.1 Å². The summed E-state index contributed by atoms with van der Waals surface area (Å²) in [4.78, 5) is 11.0. The van der Waals surface area contributed by atoms with E-state index in [2.05, 4.69) is 5.32 Å². The molecule has 4 heteroatoms. The molecule has 0 aliphatic rings. The molecule has 0 aromatic carbocycles. The summed E-state index contributed by atoms with van der Waals surface area (Å²) in [6, 6.07) is 0. The molecule has 84 valence electrons. The third-order valence-electron chi connectivity index (χ3n) is 2.09. The van der Waals surface area contributed by atoms with Crippen LogP contribution in [0.25, 0.3) is 0 Å². The quantitative estimate of drug-likeness (QED) is 0.654. The van der Waals surface area contributed by atoms with E-state index in [4.69, 9.17) is 9.84 Å². The lowest BCUT2D eigenvalue weighted by atomic mass is 9.98. The Kier molecular flexibility index (Phi) is 5.72. The Morgan fingerprint density at radius 3 is 2.50 bits per heavy atom. The second-order valence-electron chi connectivity index (χ2n) is 3.84. The maximum Gasteiger partial charge on any atom is 0.323 e. The smallest absolute Gasteiger partial charge is 0.323 e. The lowest BCUT2D eigenvalue weighted by Gasteiger charge is -2.25. The Morgan fingerprint density at radius 2 is 2.14 bits per heavy atom. The van der Waals surface area contributed by atoms with Crippen molar-refractivity contribution in [2.24, 2.45) is 0 Å². The number of ether oxygens (including phenoxy) is 1. The Morgan fingerprint density at radius 1 is 1.57 bits per heavy atom. The summed E-state index contributed by atoms with van der Waals surface area (Å²) in [5.74, 6) is -0.827. The highest BCUT2D eigenvalue weighted by molar-refractivity contribution is 5.78. The van der Waals surface area contributed by atoms with E-state index in [0.29, 0.717) is 19.6 Å². The molecular weight excluding hydrogens is 182 g/mol. The van der Waals surface area contributed by atoms with Gasteiger partial charge in [0.15, 0.2) is 0 Å². The van der Waals surface area contributed by atoms with Gasteiger partial charge in [-0.2, -0.15) is 0 Å². The van der Waals surface area contributed by atoms with Crippen molar-refractivity contribution in [1.29, 1.82) is 0 Å². The predicted molar refractivity (Wildman–Crippen MR) is 55.4 cm³/mol. The summed E-state index contributed by atoms with van der Waals surface area (Å²) in [5, 5.41) is 12.0. The SMILES string of the molecule is CCNC(C)(CCOC(C)C)C(=O)O. The van der Waals surface area contributed by atoms with Gasteiger partial charge in [-0.25, -0.2) is 0 Å². The highest BCUT2D eigenvalue weighted by Crippen LogP contribution is 2.10. The first-order valence-electron chi connectivity index (χ1n) is 5.02. The zero-order valence-electron chi connectivity index (χ0n) is 9.46. The number of aliphatic carboxylic acids is 1. The number of nitrogens with one attached hydrogen (secondary N) is 1. The third-order valence-corrected chi connectivity index (χ3v) is 2.09. The first-order chi connectivity index (χ1) is 6.42. The topological polar surface area (TPSA) is 58.6 Å². The van der Waals surface area contributed by atoms with Crippen molar-refractivity contribution in [3.8, 4) is 0 Å². The largest absolute Gasteiger partial charge is 0.480 e. The Labute approximate surface area is 85.6 Å². The van der Waals surface area contributed by atoms with Gasteiger partial charge in [-0.1, -0.05) is 6.92 Å². The highest BCUT2D eigenvalue weighted by Gasteiger charge is 2.31. The molecule has 0 amide bonds. The maximum absolute atomic E-state index is 11.0. The molecule has 0 aromatic rings. The summed E-state index contributed by atoms with van der Waals surface area (Å²) in [7, 11) is 0. The Balaban J connectivity index is 4.03. The van der Waals surface area contributed by atoms with Crippen LogP contribution in [0.3, 0.4) is 0 Å². The van der Waals surface area contributed by atoms with Crippen molar-refractivity contribution >= 4 is 5.97 Å². The van der Waals surface area contributed by atoms with Crippen molar-refractivity contribution in [3.63, 3.8) is 0 Å². The van der Waals surface area contributed by atoms with Crippen LogP contribution < -0.4 is 5.32 Å². The summed E-state index contributed by atoms with van der Waals surface area (Å²) in [5.41, 5.74) is -0.871. The van der Waals surface area contributed by atoms with Gasteiger partial charge in [0, 0.05) is 6.61 Å². The number of likely N-dealkylation sites (N-methyl/N-ethyl adjacent to an activating group) is 1. The highest BCUT2D eigenvalue weighted by atomic mass is 16.5. The number of carboxylic acids is 1. The van der Waals surface area contributed by atoms with E-state index in [1.54, 1.807) is 6.92 Å². The minimum atomic E-state index is -0.871. The van der Waals surface area contributed by atoms with E-state index in [1.807, 2.05) is 20.8 Å². The molecule has 0 heterocycles. The van der Waals surface area contributed by atoms with Gasteiger partial charge < -0.3 is 15.2 Å². The van der Waals surface area contributed by atoms with Crippen molar-refractivity contribution in [2.45, 2.75) is 45.8 Å². The fourth-order valence-corrected chi connectivity index (χ4v) is 1.16. The molecule has 0 aliphatic heterocycles. The second-order valence-corrected chi connectivity index (χ2v) is 3.84. The van der Waals surface area contributed by atoms with E-state index in [1.165, 1.54) is 0 Å². The van der Waals surface area contributed by atoms with Crippen LogP contribution in [0.15, 0.2) is 0 Å². The molecular formula is C10H21NO3. The van der Waals surface area contributed by atoms with Gasteiger partial charge in [0.25, 0.3) is 0 Å². The van der Waals surface area contributed by atoms with Crippen LogP contribution in [0.4, 0.5) is 0 Å². The van der Waals surface area contributed by atoms with Gasteiger partial charge in [0.1, 0.15) is 5.54 Å². The van der Waals surface area contributed by atoms with Crippen LogP contribution in [0.5, 0.6) is 0 Å². The molecule has 0 saturated carbocycles. The molecule has 1 unspecified atom stereocenters. The molecule has 0 spiro atoms. The molecule has 0 aromatic heterocycles. The first-order valence-corrected chi connectivity index (χ1v) is 5.02. The number of hydrogen-bond acceptors (Lipinski definition) is 3. The second kappa shape index (κ2) is 5.98. The number of rotatable bonds is 7. The molecule has 14 heavy (non-hydrogen) atoms. The van der Waals surface area contributed by atoms with Crippen LogP contribution in [-0.2, 0) is 9.53 Å². The fraction of sp³-hybridized carbons (Fsp3) is 0.900. The molecule has 0 aliphatic carbocycles. The fourth-order valence-electron chi connectivity index (χ4n) is 1.16. The molecule has 0 rings (SSSR count). The molecule has 2 N–H and O–H groups in total. The van der Waals surface area contributed by atoms with Gasteiger partial charge in [0.05, 0.1) is 6.10 Å². The molecule has 4 nitrogen and oxygen atoms in total. The molecule has 0 radical (unpaired) electrons. The van der Waals surface area contributed by atoms with E-state index >= 15 is 0 Å². The van der Waals surface area contributed by atoms with E-state index in [0.717, 1.165) is 0 Å². The summed E-state index contributed by atoms with van der Waals surface area (Å²) in [6.07, 6.45) is 0.628. The average Bonchev–Trinajstić information content (AvgIpc) is 2.03. The van der Waals surface area contributed by atoms with Crippen molar-refractivity contribution in [1.82, 2.24) is 5.32 Å². The third kappa shape index (κ3) is 4.58. The predicted octanol–water partition coefficient (Wildman–Crippen LogP) is 1.25. The number of hydrogen-bond donors (Lipinski definition) is 2. The monoisotopic (exact) mass is 203 g/mol. The van der Waals surface area contributed by atoms with E-state index < -0.39 is 11.5 Å². The lowest BCUT2D eigenvalue weighted by Crippen LogP contribution is -2.50. The Hall–Kier alpha value is -0.610. The van der Waals surface area contributed by atoms with Crippen molar-refractivity contribution in [3.05, 3.63) is 0 Å². The number of carboxylic acid groups (broad SMARTS) is 1. The summed E-state index contributed by atoms with van der Waals surface area (Å²) < 4.78 is 5.33. The molecule has 1 atom stereocenters. The van der Waals surface area contributed by atoms with Gasteiger partial charge in [0.2, 0.25) is 0 Å². The molecule has 0 bridgehead atoms. The standard InChI is InChI=1S/C10H21NO3/c1-5-11-10(4,9(12)13)6-7-14-8(2)3/h8,11H,5-7H2,1-4H3,(H,12,13). The Bertz CT molecular complexity index is 182. The molecule has 0 saturated heterocycles. The van der Waals surface area contributed by atoms with Crippen LogP contribution in [0, 0.1) is 0 Å². The zero-order valence-corrected chi connectivity index (χ0v) is 9.46. The van der Waals surface area contributed by atoms with Gasteiger partial charge in [-0.05, 0) is 33.7 Å². The average molecular weight is 203 g/mol. The van der Waals surface area contributed by atoms with E-state index in [-0.39, 0.29) is 6.10 Å². The van der Waals surface area contributed by atoms with Gasteiger partial charge >= 0.3 is 5.97 Å². The van der Waals surface area contributed by atoms with Crippen LogP contribution in [-0.4, -0.2) is 35.9 Å². The zero-order chi connectivity index (χ0) is 11.2. The first kappa shape index (κ1) is 13.4. The lowest BCUT2D eigenvalue weighted by molar-refractivity contribution is -0.145. The normalized spacial score (nSPS) is 15.5. The van der Waals surface area contributed by atoms with Crippen LogP contribution >= 0.6 is 0 Å². The molecule has 0 fully saturated rings. The minimum absolute atomic E-state index is 0.148. The summed E-state index contributed by atoms with van der Waals surface area (Å²) in [6.45, 7) is 8.56. The van der Waals surface area contributed by atoms with Crippen LogP contribution in [0.2, 0.25) is 0 Å². The minimum Gasteiger partial charge on any atom is -0.480 e. The van der Waals surface area contributed by atoms with Gasteiger partial charge in [-0.15, -0.1) is 0 Å². The maximum atomic E-state index is 11.0. The van der Waals surface area contributed by atoms with Crippen molar-refractivity contribution in [2.75, 3.05) is 13.2 Å². The van der Waals surface area contributed by atoms with Gasteiger partial charge in [-0.3, -0.25) is 4.79 Å². The number of carbonyl (C=O) groups is 1.